The van der Waals surface area contributed by atoms with Crippen molar-refractivity contribution in [2.45, 2.75) is 25.9 Å². The van der Waals surface area contributed by atoms with Crippen LogP contribution in [0, 0.1) is 0 Å². The van der Waals surface area contributed by atoms with Crippen molar-refractivity contribution in [1.29, 1.82) is 0 Å². The van der Waals surface area contributed by atoms with Gasteiger partial charge in [0, 0.05) is 21.8 Å². The maximum atomic E-state index is 11.7. The predicted molar refractivity (Wildman–Crippen MR) is 63.8 cm³/mol. The van der Waals surface area contributed by atoms with Crippen LogP contribution in [0.4, 0.5) is 5.69 Å². The molecular weight excluding hydrogens is 256 g/mol. The maximum absolute atomic E-state index is 11.7. The van der Waals surface area contributed by atoms with Crippen molar-refractivity contribution in [2.75, 3.05) is 5.32 Å². The molecule has 1 aromatic carbocycles. The lowest BCUT2D eigenvalue weighted by molar-refractivity contribution is -0.117. The van der Waals surface area contributed by atoms with Gasteiger partial charge >= 0.3 is 0 Å². The molecule has 0 spiro atoms. The van der Waals surface area contributed by atoms with Gasteiger partial charge in [0.2, 0.25) is 5.91 Å². The molecule has 1 aromatic rings. The van der Waals surface area contributed by atoms with Crippen molar-refractivity contribution in [3.05, 3.63) is 28.2 Å². The lowest BCUT2D eigenvalue weighted by Gasteiger charge is -2.15. The Morgan fingerprint density at radius 1 is 1.47 bits per heavy atom. The number of carbonyl (C=O) groups excluding carboxylic acids is 1. The van der Waals surface area contributed by atoms with Crippen LogP contribution in [-0.4, -0.2) is 11.9 Å². The molecule has 1 aliphatic rings. The summed E-state index contributed by atoms with van der Waals surface area (Å²) in [5, 5.41) is 6.11. The molecule has 2 rings (SSSR count). The van der Waals surface area contributed by atoms with Gasteiger partial charge in [-0.2, -0.15) is 0 Å². The summed E-state index contributed by atoms with van der Waals surface area (Å²) in [6.45, 7) is 4.06. The van der Waals surface area contributed by atoms with Crippen LogP contribution in [0.15, 0.2) is 22.7 Å². The Kier molecular flexibility index (Phi) is 2.80. The largest absolute Gasteiger partial charge is 0.324 e. The third-order valence-corrected chi connectivity index (χ3v) is 3.05. The van der Waals surface area contributed by atoms with E-state index in [1.54, 1.807) is 0 Å². The molecule has 1 amide bonds. The van der Waals surface area contributed by atoms with Crippen molar-refractivity contribution in [2.24, 2.45) is 0 Å². The lowest BCUT2D eigenvalue weighted by Crippen LogP contribution is -2.32. The minimum Gasteiger partial charge on any atom is -0.324 e. The average molecular weight is 269 g/mol. The summed E-state index contributed by atoms with van der Waals surface area (Å²) in [7, 11) is 0. The summed E-state index contributed by atoms with van der Waals surface area (Å²) in [5.41, 5.74) is 1.91. The van der Waals surface area contributed by atoms with E-state index in [4.69, 9.17) is 0 Å². The number of carbonyl (C=O) groups is 1. The van der Waals surface area contributed by atoms with E-state index < -0.39 is 0 Å². The Balaban J connectivity index is 2.39. The van der Waals surface area contributed by atoms with E-state index in [1.165, 1.54) is 0 Å². The van der Waals surface area contributed by atoms with Crippen LogP contribution in [0.1, 0.15) is 25.5 Å². The summed E-state index contributed by atoms with van der Waals surface area (Å²) < 4.78 is 0.969. The van der Waals surface area contributed by atoms with Crippen LogP contribution in [0.25, 0.3) is 0 Å². The average Bonchev–Trinajstić information content (AvgIpc) is 2.43. The van der Waals surface area contributed by atoms with Crippen LogP contribution in [0.3, 0.4) is 0 Å². The number of benzene rings is 1. The van der Waals surface area contributed by atoms with E-state index in [0.717, 1.165) is 15.7 Å². The molecule has 0 aliphatic carbocycles. The lowest BCUT2D eigenvalue weighted by atomic mass is 10.1. The molecule has 15 heavy (non-hydrogen) atoms. The Bertz CT molecular complexity index is 404. The van der Waals surface area contributed by atoms with E-state index in [0.29, 0.717) is 0 Å². The molecule has 1 unspecified atom stereocenters. The molecule has 1 heterocycles. The topological polar surface area (TPSA) is 41.1 Å². The Hall–Kier alpha value is -0.870. The van der Waals surface area contributed by atoms with Crippen LogP contribution < -0.4 is 10.6 Å². The predicted octanol–water partition coefficient (Wildman–Crippen LogP) is 2.44. The van der Waals surface area contributed by atoms with E-state index in [9.17, 15) is 4.79 Å². The third-order valence-electron chi connectivity index (χ3n) is 2.36. The minimum absolute atomic E-state index is 0.0191. The fourth-order valence-electron chi connectivity index (χ4n) is 1.77. The summed E-state index contributed by atoms with van der Waals surface area (Å²) in [6.07, 6.45) is 0. The number of anilines is 1. The highest BCUT2D eigenvalue weighted by Crippen LogP contribution is 2.36. The van der Waals surface area contributed by atoms with Gasteiger partial charge in [-0.3, -0.25) is 10.1 Å². The van der Waals surface area contributed by atoms with Gasteiger partial charge in [0.15, 0.2) is 0 Å². The number of fused-ring (bicyclic) bond motifs is 1. The molecule has 0 saturated carbocycles. The highest BCUT2D eigenvalue weighted by Gasteiger charge is 2.32. The third kappa shape index (κ3) is 1.92. The molecular formula is C11H13BrN2O. The SMILES string of the molecule is CC(C)NC1C(=O)Nc2cccc(Br)c21. The van der Waals surface area contributed by atoms with Crippen LogP contribution >= 0.6 is 15.9 Å². The molecule has 0 radical (unpaired) electrons. The van der Waals surface area contributed by atoms with E-state index >= 15 is 0 Å². The quantitative estimate of drug-likeness (QED) is 0.865. The van der Waals surface area contributed by atoms with Crippen molar-refractivity contribution in [1.82, 2.24) is 5.32 Å². The fraction of sp³-hybridized carbons (Fsp3) is 0.364. The van der Waals surface area contributed by atoms with Gasteiger partial charge < -0.3 is 5.32 Å². The summed E-state index contributed by atoms with van der Waals surface area (Å²) in [6, 6.07) is 5.82. The van der Waals surface area contributed by atoms with Crippen molar-refractivity contribution < 1.29 is 4.79 Å². The number of rotatable bonds is 2. The van der Waals surface area contributed by atoms with Crippen molar-refractivity contribution in [3.63, 3.8) is 0 Å². The van der Waals surface area contributed by atoms with Gasteiger partial charge in [0.05, 0.1) is 0 Å². The highest BCUT2D eigenvalue weighted by molar-refractivity contribution is 9.10. The van der Waals surface area contributed by atoms with Gasteiger partial charge in [-0.25, -0.2) is 0 Å². The molecule has 3 nitrogen and oxygen atoms in total. The first-order valence-electron chi connectivity index (χ1n) is 4.95. The second-order valence-electron chi connectivity index (χ2n) is 3.94. The Morgan fingerprint density at radius 2 is 2.20 bits per heavy atom. The summed E-state index contributed by atoms with van der Waals surface area (Å²) in [4.78, 5) is 11.7. The summed E-state index contributed by atoms with van der Waals surface area (Å²) in [5.74, 6) is 0.0191. The molecule has 80 valence electrons. The number of amides is 1. The first kappa shape index (κ1) is 10.6. The standard InChI is InChI=1S/C11H13BrN2O/c1-6(2)13-10-9-7(12)4-3-5-8(9)14-11(10)15/h3-6,10,13H,1-2H3,(H,14,15). The van der Waals surface area contributed by atoms with Crippen LogP contribution in [-0.2, 0) is 4.79 Å². The molecule has 0 bridgehead atoms. The van der Waals surface area contributed by atoms with Crippen molar-refractivity contribution in [3.8, 4) is 0 Å². The maximum Gasteiger partial charge on any atom is 0.246 e. The smallest absolute Gasteiger partial charge is 0.246 e. The molecule has 0 saturated heterocycles. The number of hydrogen-bond acceptors (Lipinski definition) is 2. The van der Waals surface area contributed by atoms with Gasteiger partial charge in [-0.1, -0.05) is 22.0 Å². The Morgan fingerprint density at radius 3 is 2.87 bits per heavy atom. The second kappa shape index (κ2) is 3.94. The normalized spacial score (nSPS) is 19.2. The molecule has 2 N–H and O–H groups in total. The van der Waals surface area contributed by atoms with E-state index in [-0.39, 0.29) is 18.0 Å². The number of halogens is 1. The van der Waals surface area contributed by atoms with Gasteiger partial charge in [0.25, 0.3) is 0 Å². The monoisotopic (exact) mass is 268 g/mol. The van der Waals surface area contributed by atoms with Gasteiger partial charge in [-0.15, -0.1) is 0 Å². The van der Waals surface area contributed by atoms with Crippen LogP contribution in [0.5, 0.6) is 0 Å². The zero-order chi connectivity index (χ0) is 11.0. The van der Waals surface area contributed by atoms with Gasteiger partial charge in [0.1, 0.15) is 6.04 Å². The Labute approximate surface area is 97.4 Å². The number of hydrogen-bond donors (Lipinski definition) is 2. The summed E-state index contributed by atoms with van der Waals surface area (Å²) >= 11 is 3.47. The zero-order valence-electron chi connectivity index (χ0n) is 8.67. The molecule has 4 heteroatoms. The molecule has 1 atom stereocenters. The molecule has 0 aromatic heterocycles. The van der Waals surface area contributed by atoms with Crippen LogP contribution in [0.2, 0.25) is 0 Å². The fourth-order valence-corrected chi connectivity index (χ4v) is 2.36. The van der Waals surface area contributed by atoms with E-state index in [2.05, 4.69) is 26.6 Å². The van der Waals surface area contributed by atoms with Crippen molar-refractivity contribution >= 4 is 27.5 Å². The number of nitrogens with one attached hydrogen (secondary N) is 2. The molecule has 1 aliphatic heterocycles. The van der Waals surface area contributed by atoms with Gasteiger partial charge in [-0.05, 0) is 26.0 Å². The zero-order valence-corrected chi connectivity index (χ0v) is 10.3. The minimum atomic E-state index is -0.240. The first-order valence-corrected chi connectivity index (χ1v) is 5.74. The highest BCUT2D eigenvalue weighted by atomic mass is 79.9. The second-order valence-corrected chi connectivity index (χ2v) is 4.80. The first-order chi connectivity index (χ1) is 7.09. The molecule has 0 fully saturated rings. The van der Waals surface area contributed by atoms with E-state index in [1.807, 2.05) is 32.0 Å².